The summed E-state index contributed by atoms with van der Waals surface area (Å²) in [4.78, 5) is 16.0. The molecule has 0 atom stereocenters. The van der Waals surface area contributed by atoms with Crippen LogP contribution in [0, 0.1) is 12.8 Å². The summed E-state index contributed by atoms with van der Waals surface area (Å²) >= 11 is 0. The summed E-state index contributed by atoms with van der Waals surface area (Å²) in [5.41, 5.74) is 2.20. The van der Waals surface area contributed by atoms with E-state index in [4.69, 9.17) is 0 Å². The number of aromatic nitrogens is 1. The summed E-state index contributed by atoms with van der Waals surface area (Å²) in [6.07, 6.45) is 13.1. The van der Waals surface area contributed by atoms with Gasteiger partial charge in [0.25, 0.3) is 0 Å². The lowest BCUT2D eigenvalue weighted by atomic mass is 9.86. The fourth-order valence-corrected chi connectivity index (χ4v) is 2.37. The van der Waals surface area contributed by atoms with Crippen LogP contribution in [0.2, 0.25) is 0 Å². The van der Waals surface area contributed by atoms with Gasteiger partial charge in [-0.05, 0) is 43.0 Å². The van der Waals surface area contributed by atoms with E-state index in [0.29, 0.717) is 5.78 Å². The third-order valence-corrected chi connectivity index (χ3v) is 3.50. The van der Waals surface area contributed by atoms with Crippen molar-refractivity contribution < 1.29 is 4.79 Å². The Kier molecular flexibility index (Phi) is 4.08. The molecule has 1 aromatic heterocycles. The highest BCUT2D eigenvalue weighted by Gasteiger charge is 2.18. The molecular weight excluding hydrogens is 210 g/mol. The molecule has 0 N–H and O–H groups in total. The van der Waals surface area contributed by atoms with Gasteiger partial charge in [-0.2, -0.15) is 0 Å². The van der Waals surface area contributed by atoms with Crippen molar-refractivity contribution in [2.24, 2.45) is 5.92 Å². The lowest BCUT2D eigenvalue weighted by Crippen LogP contribution is -2.15. The van der Waals surface area contributed by atoms with Crippen molar-refractivity contribution in [1.82, 2.24) is 4.98 Å². The summed E-state index contributed by atoms with van der Waals surface area (Å²) in [6, 6.07) is 1.94. The van der Waals surface area contributed by atoms with Gasteiger partial charge in [-0.15, -0.1) is 0 Å². The standard InChI is InChI=1S/C15H19NO/c1-12-11-16-10-9-13(12)7-8-15(17)14-5-3-2-4-6-14/h7-11,14H,2-6H2,1H3/b8-7+. The van der Waals surface area contributed by atoms with Crippen molar-refractivity contribution in [1.29, 1.82) is 0 Å². The van der Waals surface area contributed by atoms with E-state index >= 15 is 0 Å². The van der Waals surface area contributed by atoms with Gasteiger partial charge in [0, 0.05) is 18.3 Å². The molecule has 0 radical (unpaired) electrons. The van der Waals surface area contributed by atoms with Crippen molar-refractivity contribution in [3.8, 4) is 0 Å². The molecule has 0 unspecified atom stereocenters. The first-order valence-electron chi connectivity index (χ1n) is 6.40. The Labute approximate surface area is 103 Å². The van der Waals surface area contributed by atoms with Crippen LogP contribution in [-0.2, 0) is 4.79 Å². The Hall–Kier alpha value is -1.44. The molecule has 1 aromatic rings. The average molecular weight is 229 g/mol. The molecule has 0 saturated heterocycles. The molecule has 0 spiro atoms. The second-order valence-electron chi connectivity index (χ2n) is 4.80. The van der Waals surface area contributed by atoms with Gasteiger partial charge in [0.2, 0.25) is 0 Å². The van der Waals surface area contributed by atoms with E-state index in [9.17, 15) is 4.79 Å². The van der Waals surface area contributed by atoms with Crippen molar-refractivity contribution >= 4 is 11.9 Å². The Bertz CT molecular complexity index is 417. The maximum Gasteiger partial charge on any atom is 0.158 e. The largest absolute Gasteiger partial charge is 0.295 e. The molecule has 1 heterocycles. The molecule has 1 aliphatic carbocycles. The number of hydrogen-bond acceptors (Lipinski definition) is 2. The molecule has 0 aliphatic heterocycles. The Morgan fingerprint density at radius 1 is 1.35 bits per heavy atom. The molecule has 1 saturated carbocycles. The summed E-state index contributed by atoms with van der Waals surface area (Å²) in [5, 5.41) is 0. The molecule has 0 bridgehead atoms. The Morgan fingerprint density at radius 3 is 2.82 bits per heavy atom. The number of aryl methyl sites for hydroxylation is 1. The number of pyridine rings is 1. The molecular formula is C15H19NO. The van der Waals surface area contributed by atoms with E-state index in [1.54, 1.807) is 12.3 Å². The lowest BCUT2D eigenvalue weighted by molar-refractivity contribution is -0.119. The van der Waals surface area contributed by atoms with E-state index in [0.717, 1.165) is 24.0 Å². The predicted octanol–water partition coefficient (Wildman–Crippen LogP) is 3.55. The van der Waals surface area contributed by atoms with Gasteiger partial charge < -0.3 is 0 Å². The highest BCUT2D eigenvalue weighted by molar-refractivity contribution is 5.95. The first-order chi connectivity index (χ1) is 8.27. The number of hydrogen-bond donors (Lipinski definition) is 0. The highest BCUT2D eigenvalue weighted by Crippen LogP contribution is 2.24. The van der Waals surface area contributed by atoms with Gasteiger partial charge >= 0.3 is 0 Å². The number of nitrogens with zero attached hydrogens (tertiary/aromatic N) is 1. The average Bonchev–Trinajstić information content (AvgIpc) is 2.38. The second-order valence-corrected chi connectivity index (χ2v) is 4.80. The lowest BCUT2D eigenvalue weighted by Gasteiger charge is -2.18. The van der Waals surface area contributed by atoms with E-state index in [2.05, 4.69) is 4.98 Å². The molecule has 2 rings (SSSR count). The quantitative estimate of drug-likeness (QED) is 0.742. The number of carbonyl (C=O) groups excluding carboxylic acids is 1. The Morgan fingerprint density at radius 2 is 2.12 bits per heavy atom. The van der Waals surface area contributed by atoms with E-state index in [1.807, 2.05) is 25.3 Å². The smallest absolute Gasteiger partial charge is 0.158 e. The topological polar surface area (TPSA) is 30.0 Å². The number of allylic oxidation sites excluding steroid dienone is 1. The molecule has 0 amide bonds. The summed E-state index contributed by atoms with van der Waals surface area (Å²) in [5.74, 6) is 0.558. The van der Waals surface area contributed by atoms with Gasteiger partial charge in [-0.25, -0.2) is 0 Å². The van der Waals surface area contributed by atoms with E-state index in [-0.39, 0.29) is 5.92 Å². The van der Waals surface area contributed by atoms with Gasteiger partial charge in [-0.1, -0.05) is 25.3 Å². The minimum atomic E-state index is 0.266. The van der Waals surface area contributed by atoms with Crippen LogP contribution in [0.25, 0.3) is 6.08 Å². The highest BCUT2D eigenvalue weighted by atomic mass is 16.1. The minimum Gasteiger partial charge on any atom is -0.295 e. The Balaban J connectivity index is 2.00. The zero-order chi connectivity index (χ0) is 12.1. The van der Waals surface area contributed by atoms with Gasteiger partial charge in [0.1, 0.15) is 0 Å². The minimum absolute atomic E-state index is 0.266. The first kappa shape index (κ1) is 12.0. The SMILES string of the molecule is Cc1cnccc1/C=C/C(=O)C1CCCCC1. The molecule has 0 aromatic carbocycles. The van der Waals surface area contributed by atoms with Crippen LogP contribution in [0.15, 0.2) is 24.5 Å². The summed E-state index contributed by atoms with van der Waals surface area (Å²) < 4.78 is 0. The van der Waals surface area contributed by atoms with Crippen molar-refractivity contribution in [3.63, 3.8) is 0 Å². The molecule has 2 nitrogen and oxygen atoms in total. The van der Waals surface area contributed by atoms with Gasteiger partial charge in [0.15, 0.2) is 5.78 Å². The molecule has 17 heavy (non-hydrogen) atoms. The van der Waals surface area contributed by atoms with Crippen LogP contribution in [0.3, 0.4) is 0 Å². The maximum absolute atomic E-state index is 12.0. The third-order valence-electron chi connectivity index (χ3n) is 3.50. The van der Waals surface area contributed by atoms with Gasteiger partial charge in [-0.3, -0.25) is 9.78 Å². The van der Waals surface area contributed by atoms with E-state index in [1.165, 1.54) is 19.3 Å². The second kappa shape index (κ2) is 5.76. The van der Waals surface area contributed by atoms with Gasteiger partial charge in [0.05, 0.1) is 0 Å². The molecule has 1 fully saturated rings. The summed E-state index contributed by atoms with van der Waals surface area (Å²) in [6.45, 7) is 2.01. The monoisotopic (exact) mass is 229 g/mol. The van der Waals surface area contributed by atoms with Crippen LogP contribution >= 0.6 is 0 Å². The third kappa shape index (κ3) is 3.26. The first-order valence-corrected chi connectivity index (χ1v) is 6.40. The van der Waals surface area contributed by atoms with Crippen molar-refractivity contribution in [3.05, 3.63) is 35.7 Å². The van der Waals surface area contributed by atoms with Crippen LogP contribution < -0.4 is 0 Å². The van der Waals surface area contributed by atoms with Crippen LogP contribution in [-0.4, -0.2) is 10.8 Å². The van der Waals surface area contributed by atoms with Crippen LogP contribution in [0.4, 0.5) is 0 Å². The molecule has 1 aliphatic rings. The molecule has 90 valence electrons. The van der Waals surface area contributed by atoms with Crippen molar-refractivity contribution in [2.45, 2.75) is 39.0 Å². The van der Waals surface area contributed by atoms with Crippen LogP contribution in [0.1, 0.15) is 43.2 Å². The van der Waals surface area contributed by atoms with Crippen molar-refractivity contribution in [2.75, 3.05) is 0 Å². The maximum atomic E-state index is 12.0. The molecule has 2 heteroatoms. The zero-order valence-corrected chi connectivity index (χ0v) is 10.4. The summed E-state index contributed by atoms with van der Waals surface area (Å²) in [7, 11) is 0. The zero-order valence-electron chi connectivity index (χ0n) is 10.4. The predicted molar refractivity (Wildman–Crippen MR) is 69.6 cm³/mol. The van der Waals surface area contributed by atoms with Crippen LogP contribution in [0.5, 0.6) is 0 Å². The fraction of sp³-hybridized carbons (Fsp3) is 0.467. The normalized spacial score (nSPS) is 17.5. The number of ketones is 1. The number of rotatable bonds is 3. The number of carbonyl (C=O) groups is 1. The van der Waals surface area contributed by atoms with E-state index < -0.39 is 0 Å². The fourth-order valence-electron chi connectivity index (χ4n) is 2.37.